The molecule has 0 radical (unpaired) electrons. The van der Waals surface area contributed by atoms with E-state index in [2.05, 4.69) is 12.1 Å². The van der Waals surface area contributed by atoms with Crippen LogP contribution >= 0.6 is 0 Å². The first-order valence-corrected chi connectivity index (χ1v) is 7.99. The molecule has 0 aliphatic heterocycles. The predicted molar refractivity (Wildman–Crippen MR) is 92.6 cm³/mol. The van der Waals surface area contributed by atoms with Gasteiger partial charge in [-0.25, -0.2) is 0 Å². The Morgan fingerprint density at radius 3 is 2.38 bits per heavy atom. The van der Waals surface area contributed by atoms with Crippen molar-refractivity contribution in [2.75, 3.05) is 0 Å². The molecular formula is C19H18N2O3. The maximum absolute atomic E-state index is 10.9. The molecule has 3 aromatic rings. The molecule has 24 heavy (non-hydrogen) atoms. The van der Waals surface area contributed by atoms with Crippen molar-refractivity contribution in [3.8, 4) is 22.4 Å². The third-order valence-electron chi connectivity index (χ3n) is 3.93. The van der Waals surface area contributed by atoms with Crippen LogP contribution in [0.3, 0.4) is 0 Å². The van der Waals surface area contributed by atoms with Crippen molar-refractivity contribution in [2.45, 2.75) is 26.2 Å². The highest BCUT2D eigenvalue weighted by Crippen LogP contribution is 2.36. The number of benzene rings is 2. The van der Waals surface area contributed by atoms with Crippen molar-refractivity contribution in [3.05, 3.63) is 70.5 Å². The van der Waals surface area contributed by atoms with Crippen molar-refractivity contribution in [2.24, 2.45) is 0 Å². The molecule has 122 valence electrons. The van der Waals surface area contributed by atoms with Gasteiger partial charge in [0.2, 0.25) is 0 Å². The molecule has 0 saturated heterocycles. The normalized spacial score (nSPS) is 10.7. The van der Waals surface area contributed by atoms with Gasteiger partial charge in [0.05, 0.1) is 10.5 Å². The summed E-state index contributed by atoms with van der Waals surface area (Å²) < 4.78 is 5.60. The number of nitrogens with zero attached hydrogens (tertiary/aromatic N) is 2. The average Bonchev–Trinajstić information content (AvgIpc) is 3.04. The Morgan fingerprint density at radius 1 is 1.04 bits per heavy atom. The first kappa shape index (κ1) is 15.9. The third kappa shape index (κ3) is 3.20. The summed E-state index contributed by atoms with van der Waals surface area (Å²) in [6.07, 6.45) is 2.85. The van der Waals surface area contributed by atoms with Gasteiger partial charge in [0.15, 0.2) is 0 Å². The molecule has 0 aliphatic carbocycles. The Balaban J connectivity index is 2.09. The van der Waals surface area contributed by atoms with E-state index >= 15 is 0 Å². The second kappa shape index (κ2) is 7.08. The molecule has 3 rings (SSSR count). The predicted octanol–water partition coefficient (Wildman–Crippen LogP) is 5.26. The second-order valence-electron chi connectivity index (χ2n) is 5.60. The number of nitro groups is 1. The SMILES string of the molecule is CCCCc1onc(-c2ccccc2)c1-c1ccc([N+](=O)[O-])cc1. The summed E-state index contributed by atoms with van der Waals surface area (Å²) in [7, 11) is 0. The highest BCUT2D eigenvalue weighted by atomic mass is 16.6. The topological polar surface area (TPSA) is 69.2 Å². The lowest BCUT2D eigenvalue weighted by molar-refractivity contribution is -0.384. The van der Waals surface area contributed by atoms with Crippen molar-refractivity contribution in [1.29, 1.82) is 0 Å². The van der Waals surface area contributed by atoms with Gasteiger partial charge in [0.25, 0.3) is 5.69 Å². The van der Waals surface area contributed by atoms with E-state index in [1.54, 1.807) is 12.1 Å². The van der Waals surface area contributed by atoms with Crippen LogP contribution in [0.15, 0.2) is 59.1 Å². The van der Waals surface area contributed by atoms with Crippen LogP contribution in [0.1, 0.15) is 25.5 Å². The number of hydrogen-bond acceptors (Lipinski definition) is 4. The fourth-order valence-electron chi connectivity index (χ4n) is 2.67. The molecule has 0 aliphatic rings. The molecule has 0 unspecified atom stereocenters. The minimum atomic E-state index is -0.395. The van der Waals surface area contributed by atoms with Crippen LogP contribution in [-0.4, -0.2) is 10.1 Å². The van der Waals surface area contributed by atoms with Crippen LogP contribution < -0.4 is 0 Å². The van der Waals surface area contributed by atoms with Gasteiger partial charge >= 0.3 is 0 Å². The third-order valence-corrected chi connectivity index (χ3v) is 3.93. The number of non-ortho nitro benzene ring substituents is 1. The number of rotatable bonds is 6. The van der Waals surface area contributed by atoms with Gasteiger partial charge in [0.1, 0.15) is 11.5 Å². The molecule has 1 aromatic heterocycles. The molecule has 5 nitrogen and oxygen atoms in total. The van der Waals surface area contributed by atoms with Gasteiger partial charge < -0.3 is 4.52 Å². The van der Waals surface area contributed by atoms with Crippen LogP contribution in [0.5, 0.6) is 0 Å². The van der Waals surface area contributed by atoms with Crippen LogP contribution in [0.25, 0.3) is 22.4 Å². The Bertz CT molecular complexity index is 824. The van der Waals surface area contributed by atoms with E-state index in [4.69, 9.17) is 4.52 Å². The summed E-state index contributed by atoms with van der Waals surface area (Å²) in [6, 6.07) is 16.4. The summed E-state index contributed by atoms with van der Waals surface area (Å²) in [5.41, 5.74) is 3.62. The van der Waals surface area contributed by atoms with Crippen molar-refractivity contribution < 1.29 is 9.45 Å². The first-order valence-electron chi connectivity index (χ1n) is 7.99. The zero-order valence-corrected chi connectivity index (χ0v) is 13.4. The molecule has 1 heterocycles. The number of nitro benzene ring substituents is 1. The van der Waals surface area contributed by atoms with Gasteiger partial charge in [-0.15, -0.1) is 0 Å². The fraction of sp³-hybridized carbons (Fsp3) is 0.211. The average molecular weight is 322 g/mol. The highest BCUT2D eigenvalue weighted by Gasteiger charge is 2.19. The molecule has 0 saturated carbocycles. The Morgan fingerprint density at radius 2 is 1.75 bits per heavy atom. The Kier molecular flexibility index (Phi) is 4.70. The molecule has 2 aromatic carbocycles. The molecule has 0 spiro atoms. The molecule has 5 heteroatoms. The van der Waals surface area contributed by atoms with E-state index < -0.39 is 4.92 Å². The fourth-order valence-corrected chi connectivity index (χ4v) is 2.67. The highest BCUT2D eigenvalue weighted by molar-refractivity contribution is 5.82. The van der Waals surface area contributed by atoms with E-state index in [9.17, 15) is 10.1 Å². The van der Waals surface area contributed by atoms with Gasteiger partial charge in [-0.05, 0) is 24.1 Å². The molecule has 0 N–H and O–H groups in total. The van der Waals surface area contributed by atoms with Crippen LogP contribution in [0.4, 0.5) is 5.69 Å². The van der Waals surface area contributed by atoms with Gasteiger partial charge in [-0.1, -0.05) is 48.8 Å². The molecule has 0 amide bonds. The zero-order valence-electron chi connectivity index (χ0n) is 13.4. The number of aryl methyl sites for hydroxylation is 1. The Hall–Kier alpha value is -2.95. The molecule has 0 bridgehead atoms. The maximum atomic E-state index is 10.9. The summed E-state index contributed by atoms with van der Waals surface area (Å²) in [6.45, 7) is 2.13. The summed E-state index contributed by atoms with van der Waals surface area (Å²) in [5, 5.41) is 15.1. The number of hydrogen-bond donors (Lipinski definition) is 0. The molecule has 0 atom stereocenters. The quantitative estimate of drug-likeness (QED) is 0.458. The largest absolute Gasteiger partial charge is 0.360 e. The van der Waals surface area contributed by atoms with Gasteiger partial charge in [-0.2, -0.15) is 0 Å². The van der Waals surface area contributed by atoms with E-state index in [1.807, 2.05) is 30.3 Å². The minimum Gasteiger partial charge on any atom is -0.360 e. The second-order valence-corrected chi connectivity index (χ2v) is 5.60. The zero-order chi connectivity index (χ0) is 16.9. The lowest BCUT2D eigenvalue weighted by atomic mass is 9.97. The molecule has 0 fully saturated rings. The number of unbranched alkanes of at least 4 members (excludes halogenated alkanes) is 1. The standard InChI is InChI=1S/C19H18N2O3/c1-2-3-9-17-18(14-10-12-16(13-11-14)21(22)23)19(20-24-17)15-7-5-4-6-8-15/h4-8,10-13H,2-3,9H2,1H3. The van der Waals surface area contributed by atoms with E-state index in [-0.39, 0.29) is 5.69 Å². The van der Waals surface area contributed by atoms with Crippen molar-refractivity contribution in [3.63, 3.8) is 0 Å². The monoisotopic (exact) mass is 322 g/mol. The summed E-state index contributed by atoms with van der Waals surface area (Å²) >= 11 is 0. The lowest BCUT2D eigenvalue weighted by Crippen LogP contribution is -1.90. The summed E-state index contributed by atoms with van der Waals surface area (Å²) in [4.78, 5) is 10.5. The Labute approximate surface area is 140 Å². The minimum absolute atomic E-state index is 0.0755. The van der Waals surface area contributed by atoms with E-state index in [1.165, 1.54) is 12.1 Å². The maximum Gasteiger partial charge on any atom is 0.269 e. The lowest BCUT2D eigenvalue weighted by Gasteiger charge is -2.05. The van der Waals surface area contributed by atoms with Crippen LogP contribution in [-0.2, 0) is 6.42 Å². The van der Waals surface area contributed by atoms with E-state index in [0.29, 0.717) is 0 Å². The summed E-state index contributed by atoms with van der Waals surface area (Å²) in [5.74, 6) is 0.824. The van der Waals surface area contributed by atoms with Crippen molar-refractivity contribution in [1.82, 2.24) is 5.16 Å². The number of aromatic nitrogens is 1. The first-order chi connectivity index (χ1) is 11.7. The van der Waals surface area contributed by atoms with E-state index in [0.717, 1.165) is 47.4 Å². The van der Waals surface area contributed by atoms with Crippen LogP contribution in [0, 0.1) is 10.1 Å². The van der Waals surface area contributed by atoms with Gasteiger partial charge in [0, 0.05) is 24.1 Å². The van der Waals surface area contributed by atoms with Crippen LogP contribution in [0.2, 0.25) is 0 Å². The smallest absolute Gasteiger partial charge is 0.269 e. The van der Waals surface area contributed by atoms with Gasteiger partial charge in [-0.3, -0.25) is 10.1 Å². The van der Waals surface area contributed by atoms with Crippen molar-refractivity contribution >= 4 is 5.69 Å². The molecular weight excluding hydrogens is 304 g/mol.